The molecule has 1 aromatic carbocycles. The van der Waals surface area contributed by atoms with E-state index in [0.29, 0.717) is 28.3 Å². The van der Waals surface area contributed by atoms with E-state index in [0.717, 1.165) is 16.8 Å². The van der Waals surface area contributed by atoms with Crippen LogP contribution in [0.25, 0.3) is 10.8 Å². The van der Waals surface area contributed by atoms with Crippen molar-refractivity contribution in [2.75, 3.05) is 5.32 Å². The first-order valence-electron chi connectivity index (χ1n) is 8.41. The number of amides is 1. The molecule has 0 bridgehead atoms. The summed E-state index contributed by atoms with van der Waals surface area (Å²) in [5.41, 5.74) is 3.59. The van der Waals surface area contributed by atoms with Crippen LogP contribution in [0.5, 0.6) is 0 Å². The van der Waals surface area contributed by atoms with Crippen LogP contribution in [0.2, 0.25) is 0 Å². The van der Waals surface area contributed by atoms with E-state index in [1.54, 1.807) is 11.6 Å². The molecule has 4 nitrogen and oxygen atoms in total. The minimum atomic E-state index is -0.191. The molecule has 1 N–H and O–H groups in total. The number of rotatable bonds is 5. The van der Waals surface area contributed by atoms with Gasteiger partial charge in [-0.2, -0.15) is 0 Å². The third-order valence-corrected chi connectivity index (χ3v) is 4.94. The van der Waals surface area contributed by atoms with Crippen molar-refractivity contribution in [1.29, 1.82) is 0 Å². The number of para-hydroxylation sites is 1. The van der Waals surface area contributed by atoms with Gasteiger partial charge in [-0.15, -0.1) is 11.3 Å². The molecular weight excluding hydrogens is 332 g/mol. The maximum Gasteiger partial charge on any atom is 0.275 e. The summed E-state index contributed by atoms with van der Waals surface area (Å²) in [5, 5.41) is 5.56. The summed E-state index contributed by atoms with van der Waals surface area (Å²) in [6.07, 6.45) is 1.60. The number of carbonyl (C=O) groups excluding carboxylic acids is 1. The van der Waals surface area contributed by atoms with Gasteiger partial charge in [-0.3, -0.25) is 4.79 Å². The summed E-state index contributed by atoms with van der Waals surface area (Å²) in [4.78, 5) is 17.2. The van der Waals surface area contributed by atoms with Gasteiger partial charge in [0.1, 0.15) is 5.69 Å². The molecule has 0 aliphatic rings. The number of aromatic nitrogens is 1. The average molecular weight is 354 g/mol. The van der Waals surface area contributed by atoms with Gasteiger partial charge < -0.3 is 9.73 Å². The second-order valence-corrected chi connectivity index (χ2v) is 7.45. The molecule has 2 heterocycles. The van der Waals surface area contributed by atoms with E-state index in [4.69, 9.17) is 4.42 Å². The molecule has 0 saturated heterocycles. The van der Waals surface area contributed by atoms with Gasteiger partial charge in [0.25, 0.3) is 5.91 Å². The summed E-state index contributed by atoms with van der Waals surface area (Å²) >= 11 is 1.40. The minimum absolute atomic E-state index is 0.191. The van der Waals surface area contributed by atoms with E-state index in [-0.39, 0.29) is 5.91 Å². The Balaban J connectivity index is 1.91. The quantitative estimate of drug-likeness (QED) is 0.620. The molecule has 1 amide bonds. The highest BCUT2D eigenvalue weighted by Gasteiger charge is 2.19. The van der Waals surface area contributed by atoms with Crippen molar-refractivity contribution in [2.24, 2.45) is 0 Å². The fourth-order valence-electron chi connectivity index (χ4n) is 2.76. The Bertz CT molecular complexity index is 837. The molecule has 3 aromatic rings. The Hall–Kier alpha value is -2.40. The molecule has 0 aliphatic carbocycles. The molecular formula is C20H22N2O2S. The highest BCUT2D eigenvalue weighted by molar-refractivity contribution is 7.13. The van der Waals surface area contributed by atoms with E-state index < -0.39 is 0 Å². The monoisotopic (exact) mass is 354 g/mol. The smallest absolute Gasteiger partial charge is 0.275 e. The summed E-state index contributed by atoms with van der Waals surface area (Å²) in [6.45, 7) is 8.53. The van der Waals surface area contributed by atoms with Crippen LogP contribution in [0, 0.1) is 0 Å². The summed E-state index contributed by atoms with van der Waals surface area (Å²) in [7, 11) is 0. The third kappa shape index (κ3) is 3.66. The fraction of sp³-hybridized carbons (Fsp3) is 0.300. The maximum absolute atomic E-state index is 12.7. The van der Waals surface area contributed by atoms with Gasteiger partial charge in [0.05, 0.1) is 6.26 Å². The zero-order chi connectivity index (χ0) is 18.0. The van der Waals surface area contributed by atoms with E-state index in [9.17, 15) is 4.79 Å². The molecule has 130 valence electrons. The molecule has 0 saturated carbocycles. The fourth-order valence-corrected chi connectivity index (χ4v) is 3.53. The molecule has 0 atom stereocenters. The van der Waals surface area contributed by atoms with E-state index in [1.807, 2.05) is 12.1 Å². The molecule has 0 unspecified atom stereocenters. The van der Waals surface area contributed by atoms with Crippen LogP contribution >= 0.6 is 11.3 Å². The number of anilines is 1. The van der Waals surface area contributed by atoms with Gasteiger partial charge in [-0.25, -0.2) is 4.98 Å². The van der Waals surface area contributed by atoms with Crippen molar-refractivity contribution in [3.05, 3.63) is 58.8 Å². The van der Waals surface area contributed by atoms with E-state index in [2.05, 4.69) is 56.2 Å². The molecule has 0 spiro atoms. The summed E-state index contributed by atoms with van der Waals surface area (Å²) in [6, 6.07) is 9.84. The van der Waals surface area contributed by atoms with Gasteiger partial charge in [0, 0.05) is 11.1 Å². The predicted molar refractivity (Wildman–Crippen MR) is 102 cm³/mol. The first kappa shape index (κ1) is 17.4. The van der Waals surface area contributed by atoms with Gasteiger partial charge in [-0.1, -0.05) is 45.9 Å². The Morgan fingerprint density at radius 2 is 1.76 bits per heavy atom. The molecule has 0 radical (unpaired) electrons. The predicted octanol–water partition coefficient (Wildman–Crippen LogP) is 5.90. The van der Waals surface area contributed by atoms with Crippen LogP contribution in [0.3, 0.4) is 0 Å². The SMILES string of the molecule is CC(C)c1cccc(C(C)C)c1NC(=O)c1csc(-c2ccco2)n1. The third-order valence-electron chi connectivity index (χ3n) is 4.08. The molecule has 3 rings (SSSR count). The van der Waals surface area contributed by atoms with Crippen LogP contribution in [-0.4, -0.2) is 10.9 Å². The molecule has 0 fully saturated rings. The van der Waals surface area contributed by atoms with Crippen LogP contribution in [0.1, 0.15) is 61.1 Å². The van der Waals surface area contributed by atoms with Crippen molar-refractivity contribution in [2.45, 2.75) is 39.5 Å². The zero-order valence-corrected chi connectivity index (χ0v) is 15.7. The first-order chi connectivity index (χ1) is 12.0. The first-order valence-corrected chi connectivity index (χ1v) is 9.29. The number of carbonyl (C=O) groups is 1. The summed E-state index contributed by atoms with van der Waals surface area (Å²) < 4.78 is 5.35. The van der Waals surface area contributed by atoms with Gasteiger partial charge >= 0.3 is 0 Å². The van der Waals surface area contributed by atoms with Crippen molar-refractivity contribution in [1.82, 2.24) is 4.98 Å². The number of furan rings is 1. The van der Waals surface area contributed by atoms with Crippen LogP contribution in [-0.2, 0) is 0 Å². The number of nitrogens with zero attached hydrogens (tertiary/aromatic N) is 1. The van der Waals surface area contributed by atoms with Crippen molar-refractivity contribution in [3.8, 4) is 10.8 Å². The Morgan fingerprint density at radius 1 is 1.08 bits per heavy atom. The number of hydrogen-bond donors (Lipinski definition) is 1. The van der Waals surface area contributed by atoms with Gasteiger partial charge in [0.2, 0.25) is 0 Å². The van der Waals surface area contributed by atoms with Crippen LogP contribution in [0.15, 0.2) is 46.4 Å². The second kappa shape index (κ2) is 7.23. The van der Waals surface area contributed by atoms with E-state index >= 15 is 0 Å². The highest BCUT2D eigenvalue weighted by atomic mass is 32.1. The average Bonchev–Trinajstić information content (AvgIpc) is 3.25. The lowest BCUT2D eigenvalue weighted by molar-refractivity contribution is 0.102. The second-order valence-electron chi connectivity index (χ2n) is 6.59. The van der Waals surface area contributed by atoms with Crippen molar-refractivity contribution in [3.63, 3.8) is 0 Å². The van der Waals surface area contributed by atoms with Crippen LogP contribution < -0.4 is 5.32 Å². The maximum atomic E-state index is 12.7. The normalized spacial score (nSPS) is 11.3. The lowest BCUT2D eigenvalue weighted by Crippen LogP contribution is -2.16. The van der Waals surface area contributed by atoms with Crippen molar-refractivity contribution < 1.29 is 9.21 Å². The highest BCUT2D eigenvalue weighted by Crippen LogP contribution is 2.33. The lowest BCUT2D eigenvalue weighted by Gasteiger charge is -2.19. The number of thiazole rings is 1. The van der Waals surface area contributed by atoms with Crippen LogP contribution in [0.4, 0.5) is 5.69 Å². The minimum Gasteiger partial charge on any atom is -0.462 e. The number of hydrogen-bond acceptors (Lipinski definition) is 4. The van der Waals surface area contributed by atoms with Crippen molar-refractivity contribution >= 4 is 22.9 Å². The topological polar surface area (TPSA) is 55.1 Å². The number of benzene rings is 1. The Morgan fingerprint density at radius 3 is 2.32 bits per heavy atom. The van der Waals surface area contributed by atoms with Gasteiger partial charge in [-0.05, 0) is 35.1 Å². The molecule has 2 aromatic heterocycles. The standard InChI is InChI=1S/C20H22N2O2S/c1-12(2)14-7-5-8-15(13(3)4)18(14)22-19(23)16-11-25-20(21-16)17-9-6-10-24-17/h5-13H,1-4H3,(H,22,23). The van der Waals surface area contributed by atoms with Gasteiger partial charge in [0.15, 0.2) is 10.8 Å². The van der Waals surface area contributed by atoms with E-state index in [1.165, 1.54) is 11.3 Å². The molecule has 5 heteroatoms. The summed E-state index contributed by atoms with van der Waals surface area (Å²) in [5.74, 6) is 1.13. The lowest BCUT2D eigenvalue weighted by atomic mass is 9.92. The Labute approximate surface area is 151 Å². The molecule has 25 heavy (non-hydrogen) atoms. The Kier molecular flexibility index (Phi) is 5.04. The largest absolute Gasteiger partial charge is 0.462 e. The zero-order valence-electron chi connectivity index (χ0n) is 14.9. The molecule has 0 aliphatic heterocycles. The number of nitrogens with one attached hydrogen (secondary N) is 1.